The molecule has 0 spiro atoms. The van der Waals surface area contributed by atoms with Gasteiger partial charge in [0.2, 0.25) is 5.95 Å². The van der Waals surface area contributed by atoms with Crippen molar-refractivity contribution in [3.05, 3.63) is 36.7 Å². The molecule has 1 saturated heterocycles. The Morgan fingerprint density at radius 1 is 1.11 bits per heavy atom. The number of nitrogens with one attached hydrogen (secondary N) is 1. The zero-order valence-corrected chi connectivity index (χ0v) is 18.6. The van der Waals surface area contributed by atoms with Crippen molar-refractivity contribution in [2.45, 2.75) is 26.9 Å². The van der Waals surface area contributed by atoms with E-state index < -0.39 is 0 Å². The summed E-state index contributed by atoms with van der Waals surface area (Å²) in [7, 11) is 1.83. The molecule has 8 nitrogen and oxygen atoms in total. The molecule has 0 saturated carbocycles. The lowest BCUT2D eigenvalue weighted by atomic mass is 10.2. The van der Waals surface area contributed by atoms with Crippen molar-refractivity contribution < 1.29 is 0 Å². The molecule has 2 aromatic heterocycles. The van der Waals surface area contributed by atoms with Gasteiger partial charge in [-0.05, 0) is 12.0 Å². The monoisotopic (exact) mass is 484 g/mol. The van der Waals surface area contributed by atoms with E-state index in [9.17, 15) is 0 Å². The van der Waals surface area contributed by atoms with Crippen molar-refractivity contribution in [3.63, 3.8) is 0 Å². The third-order valence-corrected chi connectivity index (χ3v) is 4.39. The Hall–Kier alpha value is -1.91. The van der Waals surface area contributed by atoms with E-state index in [1.807, 2.05) is 25.5 Å². The van der Waals surface area contributed by atoms with Gasteiger partial charge in [-0.15, -0.1) is 24.0 Å². The van der Waals surface area contributed by atoms with Gasteiger partial charge in [-0.25, -0.2) is 15.0 Å². The summed E-state index contributed by atoms with van der Waals surface area (Å²) in [5.41, 5.74) is 0. The summed E-state index contributed by atoms with van der Waals surface area (Å²) in [5, 5.41) is 3.45. The number of hydrogen-bond acceptors (Lipinski definition) is 5. The second-order valence-corrected chi connectivity index (χ2v) is 6.81. The predicted molar refractivity (Wildman–Crippen MR) is 118 cm³/mol. The SMILES string of the molecule is CN=C(NCc1nccn1CC(C)C)N1CCN(c2ncccn2)CC1.I. The summed E-state index contributed by atoms with van der Waals surface area (Å²) in [4.78, 5) is 22.1. The fourth-order valence-electron chi connectivity index (χ4n) is 3.13. The lowest BCUT2D eigenvalue weighted by Crippen LogP contribution is -2.52. The predicted octanol–water partition coefficient (Wildman–Crippen LogP) is 1.84. The summed E-state index contributed by atoms with van der Waals surface area (Å²) >= 11 is 0. The molecular weight excluding hydrogens is 455 g/mol. The number of halogens is 1. The molecule has 0 aliphatic carbocycles. The van der Waals surface area contributed by atoms with E-state index >= 15 is 0 Å². The lowest BCUT2D eigenvalue weighted by Gasteiger charge is -2.36. The van der Waals surface area contributed by atoms with Crippen LogP contribution in [0.3, 0.4) is 0 Å². The van der Waals surface area contributed by atoms with Crippen LogP contribution in [0.1, 0.15) is 19.7 Å². The number of guanidine groups is 1. The van der Waals surface area contributed by atoms with Gasteiger partial charge >= 0.3 is 0 Å². The van der Waals surface area contributed by atoms with E-state index in [4.69, 9.17) is 0 Å². The minimum Gasteiger partial charge on any atom is -0.349 e. The molecule has 3 rings (SSSR count). The molecule has 2 aromatic rings. The van der Waals surface area contributed by atoms with Gasteiger partial charge in [-0.1, -0.05) is 13.8 Å². The first kappa shape index (κ1) is 21.4. The smallest absolute Gasteiger partial charge is 0.225 e. The van der Waals surface area contributed by atoms with Crippen LogP contribution >= 0.6 is 24.0 Å². The molecule has 0 aromatic carbocycles. The first-order valence-electron chi connectivity index (χ1n) is 9.15. The van der Waals surface area contributed by atoms with E-state index in [0.29, 0.717) is 12.5 Å². The number of piperazine rings is 1. The van der Waals surface area contributed by atoms with Crippen LogP contribution in [0.4, 0.5) is 5.95 Å². The van der Waals surface area contributed by atoms with Gasteiger partial charge in [0.1, 0.15) is 5.82 Å². The highest BCUT2D eigenvalue weighted by Crippen LogP contribution is 2.10. The van der Waals surface area contributed by atoms with Crippen molar-refractivity contribution in [1.29, 1.82) is 0 Å². The zero-order chi connectivity index (χ0) is 18.4. The van der Waals surface area contributed by atoms with Crippen LogP contribution in [0.15, 0.2) is 35.8 Å². The maximum atomic E-state index is 4.47. The second-order valence-electron chi connectivity index (χ2n) is 6.81. The van der Waals surface area contributed by atoms with Crippen molar-refractivity contribution in [2.24, 2.45) is 10.9 Å². The Kier molecular flexibility index (Phi) is 8.26. The molecule has 0 amide bonds. The number of hydrogen-bond donors (Lipinski definition) is 1. The Morgan fingerprint density at radius 2 is 1.81 bits per heavy atom. The number of aromatic nitrogens is 4. The lowest BCUT2D eigenvalue weighted by molar-refractivity contribution is 0.369. The third-order valence-electron chi connectivity index (χ3n) is 4.39. The molecule has 1 aliphatic heterocycles. The number of nitrogens with zero attached hydrogens (tertiary/aromatic N) is 7. The van der Waals surface area contributed by atoms with Gasteiger partial charge in [-0.3, -0.25) is 4.99 Å². The minimum atomic E-state index is 0. The quantitative estimate of drug-likeness (QED) is 0.397. The fourth-order valence-corrected chi connectivity index (χ4v) is 3.13. The Bertz CT molecular complexity index is 707. The third kappa shape index (κ3) is 5.78. The van der Waals surface area contributed by atoms with Crippen LogP contribution < -0.4 is 10.2 Å². The molecule has 9 heteroatoms. The topological polar surface area (TPSA) is 74.5 Å². The largest absolute Gasteiger partial charge is 0.349 e. The van der Waals surface area contributed by atoms with Crippen molar-refractivity contribution >= 4 is 35.9 Å². The van der Waals surface area contributed by atoms with Crippen LogP contribution in [0, 0.1) is 5.92 Å². The summed E-state index contributed by atoms with van der Waals surface area (Å²) < 4.78 is 2.20. The molecule has 1 N–H and O–H groups in total. The number of imidazole rings is 1. The van der Waals surface area contributed by atoms with Gasteiger partial charge in [0.05, 0.1) is 6.54 Å². The molecule has 148 valence electrons. The van der Waals surface area contributed by atoms with Crippen molar-refractivity contribution in [3.8, 4) is 0 Å². The molecule has 0 unspecified atom stereocenters. The van der Waals surface area contributed by atoms with Crippen molar-refractivity contribution in [2.75, 3.05) is 38.1 Å². The second kappa shape index (κ2) is 10.4. The van der Waals surface area contributed by atoms with Crippen LogP contribution in [-0.4, -0.2) is 63.6 Å². The van der Waals surface area contributed by atoms with Gasteiger partial charge in [0, 0.05) is 64.6 Å². The van der Waals surface area contributed by atoms with E-state index in [2.05, 4.69) is 53.5 Å². The Labute approximate surface area is 178 Å². The highest BCUT2D eigenvalue weighted by atomic mass is 127. The summed E-state index contributed by atoms with van der Waals surface area (Å²) in [6.07, 6.45) is 7.47. The minimum absolute atomic E-state index is 0. The van der Waals surface area contributed by atoms with Gasteiger partial charge in [0.25, 0.3) is 0 Å². The highest BCUT2D eigenvalue weighted by molar-refractivity contribution is 14.0. The molecule has 27 heavy (non-hydrogen) atoms. The molecule has 0 radical (unpaired) electrons. The fraction of sp³-hybridized carbons (Fsp3) is 0.556. The molecule has 0 bridgehead atoms. The number of anilines is 1. The van der Waals surface area contributed by atoms with E-state index in [1.165, 1.54) is 0 Å². The van der Waals surface area contributed by atoms with Crippen molar-refractivity contribution in [1.82, 2.24) is 29.7 Å². The van der Waals surface area contributed by atoms with Gasteiger partial charge in [-0.2, -0.15) is 0 Å². The average molecular weight is 484 g/mol. The summed E-state index contributed by atoms with van der Waals surface area (Å²) in [5.74, 6) is 3.34. The average Bonchev–Trinajstić information content (AvgIpc) is 3.10. The summed E-state index contributed by atoms with van der Waals surface area (Å²) in [6.45, 7) is 9.62. The Morgan fingerprint density at radius 3 is 2.44 bits per heavy atom. The van der Waals surface area contributed by atoms with E-state index in [1.54, 1.807) is 12.4 Å². The van der Waals surface area contributed by atoms with Gasteiger partial charge in [0.15, 0.2) is 5.96 Å². The maximum Gasteiger partial charge on any atom is 0.225 e. The zero-order valence-electron chi connectivity index (χ0n) is 16.2. The van der Waals surface area contributed by atoms with Gasteiger partial charge < -0.3 is 19.7 Å². The van der Waals surface area contributed by atoms with Crippen LogP contribution in [0.2, 0.25) is 0 Å². The highest BCUT2D eigenvalue weighted by Gasteiger charge is 2.21. The Balaban J connectivity index is 0.00000261. The number of aliphatic imine (C=N–C) groups is 1. The van der Waals surface area contributed by atoms with Crippen LogP contribution in [0.25, 0.3) is 0 Å². The van der Waals surface area contributed by atoms with E-state index in [0.717, 1.165) is 50.5 Å². The van der Waals surface area contributed by atoms with Crippen LogP contribution in [-0.2, 0) is 13.1 Å². The molecule has 1 fully saturated rings. The maximum absolute atomic E-state index is 4.47. The number of rotatable bonds is 5. The molecule has 0 atom stereocenters. The first-order chi connectivity index (χ1) is 12.7. The van der Waals surface area contributed by atoms with Crippen LogP contribution in [0.5, 0.6) is 0 Å². The molecular formula is C18H29IN8. The standard InChI is InChI=1S/C18H28N8.HI/c1-15(2)14-26-8-7-20-16(26)13-23-17(19-3)24-9-11-25(12-10-24)18-21-5-4-6-22-18;/h4-8,15H,9-14H2,1-3H3,(H,19,23);1H. The molecule has 3 heterocycles. The normalized spacial score (nSPS) is 15.0. The summed E-state index contributed by atoms with van der Waals surface area (Å²) in [6, 6.07) is 1.84. The first-order valence-corrected chi connectivity index (χ1v) is 9.15. The van der Waals surface area contributed by atoms with E-state index in [-0.39, 0.29) is 24.0 Å². The molecule has 1 aliphatic rings.